The highest BCUT2D eigenvalue weighted by atomic mass is 16.5. The highest BCUT2D eigenvalue weighted by Gasteiger charge is 2.12. The van der Waals surface area contributed by atoms with Crippen molar-refractivity contribution in [2.75, 3.05) is 6.61 Å². The van der Waals surface area contributed by atoms with Crippen molar-refractivity contribution in [3.8, 4) is 22.6 Å². The van der Waals surface area contributed by atoms with E-state index >= 15 is 0 Å². The molecule has 166 valence electrons. The number of hydrogen-bond donors (Lipinski definition) is 1. The van der Waals surface area contributed by atoms with Crippen LogP contribution in [0.5, 0.6) is 11.5 Å². The predicted molar refractivity (Wildman–Crippen MR) is 131 cm³/mol. The first-order valence-corrected chi connectivity index (χ1v) is 11.1. The average molecular weight is 438 g/mol. The number of amides is 1. The number of ether oxygens (including phenoxy) is 2. The van der Waals surface area contributed by atoms with Gasteiger partial charge in [0.1, 0.15) is 18.1 Å². The monoisotopic (exact) mass is 437 g/mol. The number of benzene rings is 4. The fourth-order valence-corrected chi connectivity index (χ4v) is 3.55. The molecular formula is C29H27NO3. The van der Waals surface area contributed by atoms with E-state index < -0.39 is 0 Å². The van der Waals surface area contributed by atoms with Crippen molar-refractivity contribution in [3.63, 3.8) is 0 Å². The zero-order valence-corrected chi connectivity index (χ0v) is 18.7. The summed E-state index contributed by atoms with van der Waals surface area (Å²) in [7, 11) is 0. The quantitative estimate of drug-likeness (QED) is 0.336. The zero-order valence-electron chi connectivity index (χ0n) is 18.7. The molecule has 4 aromatic carbocycles. The molecule has 0 saturated carbocycles. The van der Waals surface area contributed by atoms with Crippen LogP contribution in [0, 0.1) is 0 Å². The molecule has 0 aliphatic rings. The number of rotatable bonds is 9. The van der Waals surface area contributed by atoms with Gasteiger partial charge in [0.15, 0.2) is 0 Å². The standard InChI is InChI=1S/C29H27NO3/c1-2-32-28-18-15-25(29(31)30-20-22-9-5-3-6-10-22)19-26(28)21-33-27-16-13-24(14-17-27)23-11-7-4-8-12-23/h3-19H,2,20-21H2,1H3,(H,30,31). The van der Waals surface area contributed by atoms with E-state index in [1.54, 1.807) is 6.07 Å². The molecular weight excluding hydrogens is 410 g/mol. The van der Waals surface area contributed by atoms with Crippen LogP contribution >= 0.6 is 0 Å². The molecule has 0 radical (unpaired) electrons. The summed E-state index contributed by atoms with van der Waals surface area (Å²) in [6.45, 7) is 3.26. The van der Waals surface area contributed by atoms with Crippen LogP contribution < -0.4 is 14.8 Å². The first-order chi connectivity index (χ1) is 16.2. The molecule has 0 spiro atoms. The molecule has 0 aliphatic heterocycles. The van der Waals surface area contributed by atoms with E-state index in [0.29, 0.717) is 25.3 Å². The van der Waals surface area contributed by atoms with Crippen molar-refractivity contribution < 1.29 is 14.3 Å². The van der Waals surface area contributed by atoms with Crippen molar-refractivity contribution in [2.24, 2.45) is 0 Å². The molecule has 1 N–H and O–H groups in total. The number of hydrogen-bond acceptors (Lipinski definition) is 3. The Kier molecular flexibility index (Phi) is 7.39. The molecule has 0 bridgehead atoms. The molecule has 0 aromatic heterocycles. The van der Waals surface area contributed by atoms with Gasteiger partial charge in [-0.2, -0.15) is 0 Å². The Labute approximate surface area is 194 Å². The van der Waals surface area contributed by atoms with E-state index in [0.717, 1.165) is 33.8 Å². The van der Waals surface area contributed by atoms with E-state index in [-0.39, 0.29) is 5.91 Å². The molecule has 0 heterocycles. The molecule has 0 fully saturated rings. The molecule has 4 nitrogen and oxygen atoms in total. The predicted octanol–water partition coefficient (Wildman–Crippen LogP) is 6.26. The summed E-state index contributed by atoms with van der Waals surface area (Å²) in [5, 5.41) is 2.97. The van der Waals surface area contributed by atoms with Gasteiger partial charge in [0, 0.05) is 17.7 Å². The summed E-state index contributed by atoms with van der Waals surface area (Å²) < 4.78 is 11.8. The van der Waals surface area contributed by atoms with E-state index in [9.17, 15) is 4.79 Å². The largest absolute Gasteiger partial charge is 0.493 e. The average Bonchev–Trinajstić information content (AvgIpc) is 2.88. The summed E-state index contributed by atoms with van der Waals surface area (Å²) in [6.07, 6.45) is 0. The minimum atomic E-state index is -0.129. The van der Waals surface area contributed by atoms with Crippen LogP contribution in [0.25, 0.3) is 11.1 Å². The lowest BCUT2D eigenvalue weighted by Crippen LogP contribution is -2.23. The molecule has 1 amide bonds. The molecule has 4 rings (SSSR count). The van der Waals surface area contributed by atoms with Gasteiger partial charge in [0.25, 0.3) is 5.91 Å². The molecule has 4 heteroatoms. The van der Waals surface area contributed by atoms with Gasteiger partial charge in [0.2, 0.25) is 0 Å². The third-order valence-corrected chi connectivity index (χ3v) is 5.27. The molecule has 0 atom stereocenters. The van der Waals surface area contributed by atoms with Crippen LogP contribution in [-0.2, 0) is 13.2 Å². The molecule has 4 aromatic rings. The van der Waals surface area contributed by atoms with Gasteiger partial charge in [-0.3, -0.25) is 4.79 Å². The SMILES string of the molecule is CCOc1ccc(C(=O)NCc2ccccc2)cc1COc1ccc(-c2ccccc2)cc1. The lowest BCUT2D eigenvalue weighted by atomic mass is 10.1. The lowest BCUT2D eigenvalue weighted by Gasteiger charge is -2.14. The van der Waals surface area contributed by atoms with Crippen molar-refractivity contribution >= 4 is 5.91 Å². The highest BCUT2D eigenvalue weighted by Crippen LogP contribution is 2.25. The van der Waals surface area contributed by atoms with E-state index in [1.165, 1.54) is 0 Å². The van der Waals surface area contributed by atoms with Gasteiger partial charge in [0.05, 0.1) is 6.61 Å². The van der Waals surface area contributed by atoms with Crippen LogP contribution in [-0.4, -0.2) is 12.5 Å². The van der Waals surface area contributed by atoms with Crippen molar-refractivity contribution in [1.29, 1.82) is 0 Å². The first kappa shape index (κ1) is 22.2. The van der Waals surface area contributed by atoms with Gasteiger partial charge >= 0.3 is 0 Å². The third kappa shape index (κ3) is 6.01. The first-order valence-electron chi connectivity index (χ1n) is 11.1. The molecule has 33 heavy (non-hydrogen) atoms. The highest BCUT2D eigenvalue weighted by molar-refractivity contribution is 5.94. The third-order valence-electron chi connectivity index (χ3n) is 5.27. The zero-order chi connectivity index (χ0) is 22.9. The van der Waals surface area contributed by atoms with Crippen molar-refractivity contribution in [2.45, 2.75) is 20.1 Å². The fourth-order valence-electron chi connectivity index (χ4n) is 3.55. The summed E-state index contributed by atoms with van der Waals surface area (Å²) in [6, 6.07) is 33.5. The van der Waals surface area contributed by atoms with Gasteiger partial charge in [-0.25, -0.2) is 0 Å². The Bertz CT molecular complexity index is 1170. The molecule has 0 unspecified atom stereocenters. The number of carbonyl (C=O) groups excluding carboxylic acids is 1. The Balaban J connectivity index is 1.43. The van der Waals surface area contributed by atoms with Crippen LogP contribution in [0.3, 0.4) is 0 Å². The summed E-state index contributed by atoms with van der Waals surface area (Å²) >= 11 is 0. The second kappa shape index (κ2) is 11.0. The maximum Gasteiger partial charge on any atom is 0.251 e. The van der Waals surface area contributed by atoms with Crippen LogP contribution in [0.2, 0.25) is 0 Å². The molecule has 0 aliphatic carbocycles. The Morgan fingerprint density at radius 2 is 1.42 bits per heavy atom. The number of carbonyl (C=O) groups is 1. The summed E-state index contributed by atoms with van der Waals surface area (Å²) in [5.41, 5.74) is 4.76. The van der Waals surface area contributed by atoms with E-state index in [4.69, 9.17) is 9.47 Å². The second-order valence-electron chi connectivity index (χ2n) is 7.60. The topological polar surface area (TPSA) is 47.6 Å². The van der Waals surface area contributed by atoms with Crippen LogP contribution in [0.15, 0.2) is 103 Å². The Morgan fingerprint density at radius 3 is 2.12 bits per heavy atom. The Morgan fingerprint density at radius 1 is 0.758 bits per heavy atom. The van der Waals surface area contributed by atoms with Crippen LogP contribution in [0.1, 0.15) is 28.4 Å². The van der Waals surface area contributed by atoms with Gasteiger partial charge in [-0.05, 0) is 53.9 Å². The number of nitrogens with one attached hydrogen (secondary N) is 1. The van der Waals surface area contributed by atoms with Crippen molar-refractivity contribution in [3.05, 3.63) is 120 Å². The van der Waals surface area contributed by atoms with Gasteiger partial charge < -0.3 is 14.8 Å². The summed E-state index contributed by atoms with van der Waals surface area (Å²) in [5.74, 6) is 1.35. The van der Waals surface area contributed by atoms with Gasteiger partial charge in [-0.15, -0.1) is 0 Å². The molecule has 0 saturated heterocycles. The van der Waals surface area contributed by atoms with E-state index in [1.807, 2.05) is 91.9 Å². The van der Waals surface area contributed by atoms with Crippen LogP contribution in [0.4, 0.5) is 0 Å². The minimum Gasteiger partial charge on any atom is -0.493 e. The van der Waals surface area contributed by atoms with Crippen molar-refractivity contribution in [1.82, 2.24) is 5.32 Å². The summed E-state index contributed by atoms with van der Waals surface area (Å²) in [4.78, 5) is 12.7. The van der Waals surface area contributed by atoms with Gasteiger partial charge in [-0.1, -0.05) is 72.8 Å². The maximum atomic E-state index is 12.7. The fraction of sp³-hybridized carbons (Fsp3) is 0.138. The minimum absolute atomic E-state index is 0.129. The normalized spacial score (nSPS) is 10.5. The Hall–Kier alpha value is -4.05. The second-order valence-corrected chi connectivity index (χ2v) is 7.60. The smallest absolute Gasteiger partial charge is 0.251 e. The van der Waals surface area contributed by atoms with E-state index in [2.05, 4.69) is 17.4 Å². The maximum absolute atomic E-state index is 12.7. The lowest BCUT2D eigenvalue weighted by molar-refractivity contribution is 0.0950.